The third kappa shape index (κ3) is 4.46. The van der Waals surface area contributed by atoms with Gasteiger partial charge in [-0.2, -0.15) is 0 Å². The Morgan fingerprint density at radius 3 is 2.54 bits per heavy atom. The van der Waals surface area contributed by atoms with Gasteiger partial charge in [-0.1, -0.05) is 11.6 Å². The number of aryl methyl sites for hydroxylation is 1. The van der Waals surface area contributed by atoms with Crippen LogP contribution in [0.2, 0.25) is 5.02 Å². The molecular formula is C18H18ClF3N2O2. The number of alkyl halides is 3. The van der Waals surface area contributed by atoms with Crippen LogP contribution in [-0.4, -0.2) is 25.6 Å². The van der Waals surface area contributed by atoms with Gasteiger partial charge in [0.1, 0.15) is 17.6 Å². The number of ether oxygens (including phenoxy) is 2. The fourth-order valence-electron chi connectivity index (χ4n) is 2.92. The minimum atomic E-state index is -4.70. The van der Waals surface area contributed by atoms with Gasteiger partial charge >= 0.3 is 6.36 Å². The molecule has 1 aliphatic rings. The SMILES string of the molecule is Cc1cc(N2CCC(Oc3ccc(N)cc3Cl)C2)ccc1OC(F)(F)F. The third-order valence-electron chi connectivity index (χ3n) is 4.14. The molecule has 2 N–H and O–H groups in total. The molecule has 26 heavy (non-hydrogen) atoms. The zero-order chi connectivity index (χ0) is 18.9. The molecule has 3 rings (SSSR count). The highest BCUT2D eigenvalue weighted by Gasteiger charge is 2.32. The van der Waals surface area contributed by atoms with E-state index in [9.17, 15) is 13.2 Å². The van der Waals surface area contributed by atoms with E-state index >= 15 is 0 Å². The van der Waals surface area contributed by atoms with Gasteiger partial charge in [0.15, 0.2) is 0 Å². The summed E-state index contributed by atoms with van der Waals surface area (Å²) in [7, 11) is 0. The first-order chi connectivity index (χ1) is 12.2. The third-order valence-corrected chi connectivity index (χ3v) is 4.44. The Labute approximate surface area is 154 Å². The van der Waals surface area contributed by atoms with E-state index in [1.807, 2.05) is 0 Å². The summed E-state index contributed by atoms with van der Waals surface area (Å²) in [4.78, 5) is 2.06. The smallest absolute Gasteiger partial charge is 0.487 e. The Balaban J connectivity index is 1.66. The van der Waals surface area contributed by atoms with E-state index in [-0.39, 0.29) is 11.9 Å². The molecule has 8 heteroatoms. The molecule has 2 aromatic carbocycles. The molecule has 0 aromatic heterocycles. The number of nitrogens with zero attached hydrogens (tertiary/aromatic N) is 1. The summed E-state index contributed by atoms with van der Waals surface area (Å²) in [5, 5.41) is 0.452. The fourth-order valence-corrected chi connectivity index (χ4v) is 3.15. The van der Waals surface area contributed by atoms with Crippen LogP contribution < -0.4 is 20.1 Å². The second-order valence-corrected chi connectivity index (χ2v) is 6.57. The number of rotatable bonds is 4. The zero-order valence-corrected chi connectivity index (χ0v) is 14.8. The van der Waals surface area contributed by atoms with Gasteiger partial charge in [0, 0.05) is 24.3 Å². The van der Waals surface area contributed by atoms with Crippen molar-refractivity contribution in [1.82, 2.24) is 0 Å². The quantitative estimate of drug-likeness (QED) is 0.768. The topological polar surface area (TPSA) is 47.7 Å². The molecule has 0 spiro atoms. The van der Waals surface area contributed by atoms with Gasteiger partial charge in [0.05, 0.1) is 11.6 Å². The monoisotopic (exact) mass is 386 g/mol. The minimum Gasteiger partial charge on any atom is -0.487 e. The Morgan fingerprint density at radius 2 is 1.88 bits per heavy atom. The molecule has 1 heterocycles. The molecule has 0 saturated carbocycles. The van der Waals surface area contributed by atoms with Crippen LogP contribution >= 0.6 is 11.6 Å². The largest absolute Gasteiger partial charge is 0.573 e. The van der Waals surface area contributed by atoms with Crippen molar-refractivity contribution in [2.75, 3.05) is 23.7 Å². The summed E-state index contributed by atoms with van der Waals surface area (Å²) in [6, 6.07) is 9.71. The molecule has 1 unspecified atom stereocenters. The molecule has 1 saturated heterocycles. The minimum absolute atomic E-state index is 0.0671. The normalized spacial score (nSPS) is 17.4. The number of benzene rings is 2. The molecule has 0 amide bonds. The summed E-state index contributed by atoms with van der Waals surface area (Å²) in [6.45, 7) is 2.93. The van der Waals surface area contributed by atoms with Crippen molar-refractivity contribution in [1.29, 1.82) is 0 Å². The molecule has 140 valence electrons. The number of hydrogen-bond acceptors (Lipinski definition) is 4. The van der Waals surface area contributed by atoms with Crippen molar-refractivity contribution < 1.29 is 22.6 Å². The predicted molar refractivity (Wildman–Crippen MR) is 95.0 cm³/mol. The van der Waals surface area contributed by atoms with E-state index < -0.39 is 6.36 Å². The first-order valence-electron chi connectivity index (χ1n) is 8.04. The number of nitrogens with two attached hydrogens (primary N) is 1. The van der Waals surface area contributed by atoms with Crippen molar-refractivity contribution in [3.05, 3.63) is 47.0 Å². The van der Waals surface area contributed by atoms with Crippen LogP contribution in [0, 0.1) is 6.92 Å². The van der Waals surface area contributed by atoms with Crippen molar-refractivity contribution in [3.8, 4) is 11.5 Å². The van der Waals surface area contributed by atoms with Crippen LogP contribution in [0.1, 0.15) is 12.0 Å². The van der Waals surface area contributed by atoms with Crippen LogP contribution in [0.15, 0.2) is 36.4 Å². The zero-order valence-electron chi connectivity index (χ0n) is 14.0. The van der Waals surface area contributed by atoms with Gasteiger partial charge < -0.3 is 20.1 Å². The summed E-state index contributed by atoms with van der Waals surface area (Å²) in [6.07, 6.45) is -3.99. The second-order valence-electron chi connectivity index (χ2n) is 6.16. The lowest BCUT2D eigenvalue weighted by atomic mass is 10.2. The van der Waals surface area contributed by atoms with Gasteiger partial charge in [0.25, 0.3) is 0 Å². The number of hydrogen-bond donors (Lipinski definition) is 1. The molecule has 1 aliphatic heterocycles. The average molecular weight is 387 g/mol. The van der Waals surface area contributed by atoms with E-state index in [0.717, 1.165) is 18.7 Å². The molecule has 1 atom stereocenters. The molecule has 0 aliphatic carbocycles. The molecular weight excluding hydrogens is 369 g/mol. The average Bonchev–Trinajstić information content (AvgIpc) is 2.99. The van der Waals surface area contributed by atoms with Gasteiger partial charge in [0.2, 0.25) is 0 Å². The van der Waals surface area contributed by atoms with E-state index in [4.69, 9.17) is 22.1 Å². The molecule has 4 nitrogen and oxygen atoms in total. The predicted octanol–water partition coefficient (Wildman–Crippen LogP) is 4.79. The lowest BCUT2D eigenvalue weighted by molar-refractivity contribution is -0.274. The number of anilines is 2. The Kier molecular flexibility index (Phi) is 5.09. The Hall–Kier alpha value is -2.28. The first-order valence-corrected chi connectivity index (χ1v) is 8.42. The van der Waals surface area contributed by atoms with Crippen molar-refractivity contribution in [3.63, 3.8) is 0 Å². The van der Waals surface area contributed by atoms with Crippen LogP contribution in [0.25, 0.3) is 0 Å². The number of nitrogen functional groups attached to an aromatic ring is 1. The van der Waals surface area contributed by atoms with E-state index in [0.29, 0.717) is 28.6 Å². The van der Waals surface area contributed by atoms with Crippen LogP contribution in [0.3, 0.4) is 0 Å². The standard InChI is InChI=1S/C18H18ClF3N2O2/c1-11-8-13(3-5-16(11)26-18(20,21)22)24-7-6-14(10-24)25-17-4-2-12(23)9-15(17)19/h2-5,8-9,14H,6-7,10,23H2,1H3. The lowest BCUT2D eigenvalue weighted by Crippen LogP contribution is -2.24. The van der Waals surface area contributed by atoms with Crippen LogP contribution in [0.4, 0.5) is 24.5 Å². The maximum Gasteiger partial charge on any atom is 0.573 e. The second kappa shape index (κ2) is 7.15. The highest BCUT2D eigenvalue weighted by atomic mass is 35.5. The fraction of sp³-hybridized carbons (Fsp3) is 0.333. The summed E-state index contributed by atoms with van der Waals surface area (Å²) < 4.78 is 47.0. The molecule has 0 radical (unpaired) electrons. The summed E-state index contributed by atoms with van der Waals surface area (Å²) >= 11 is 6.13. The van der Waals surface area contributed by atoms with E-state index in [1.54, 1.807) is 37.3 Å². The summed E-state index contributed by atoms with van der Waals surface area (Å²) in [5.74, 6) is 0.375. The van der Waals surface area contributed by atoms with Gasteiger partial charge in [-0.3, -0.25) is 0 Å². The van der Waals surface area contributed by atoms with Crippen molar-refractivity contribution in [2.45, 2.75) is 25.8 Å². The Morgan fingerprint density at radius 1 is 1.15 bits per heavy atom. The molecule has 0 bridgehead atoms. The summed E-state index contributed by atoms with van der Waals surface area (Å²) in [5.41, 5.74) is 7.48. The van der Waals surface area contributed by atoms with E-state index in [1.165, 1.54) is 6.07 Å². The number of halogens is 4. The van der Waals surface area contributed by atoms with E-state index in [2.05, 4.69) is 9.64 Å². The van der Waals surface area contributed by atoms with Gasteiger partial charge in [-0.05, 0) is 48.9 Å². The Bertz CT molecular complexity index is 798. The van der Waals surface area contributed by atoms with Crippen molar-refractivity contribution in [2.24, 2.45) is 0 Å². The van der Waals surface area contributed by atoms with Gasteiger partial charge in [-0.15, -0.1) is 13.2 Å². The first kappa shape index (κ1) is 18.5. The van der Waals surface area contributed by atoms with Crippen LogP contribution in [0.5, 0.6) is 11.5 Å². The highest BCUT2D eigenvalue weighted by Crippen LogP contribution is 2.32. The van der Waals surface area contributed by atoms with Crippen molar-refractivity contribution >= 4 is 23.0 Å². The molecule has 2 aromatic rings. The maximum absolute atomic E-state index is 12.4. The molecule has 1 fully saturated rings. The van der Waals surface area contributed by atoms with Gasteiger partial charge in [-0.25, -0.2) is 0 Å². The van der Waals surface area contributed by atoms with Crippen LogP contribution in [-0.2, 0) is 0 Å². The highest BCUT2D eigenvalue weighted by molar-refractivity contribution is 6.32. The lowest BCUT2D eigenvalue weighted by Gasteiger charge is -2.21. The maximum atomic E-state index is 12.4.